The predicted molar refractivity (Wildman–Crippen MR) is 90.0 cm³/mol. The second-order valence-electron chi connectivity index (χ2n) is 7.37. The van der Waals surface area contributed by atoms with Crippen molar-refractivity contribution in [2.24, 2.45) is 5.92 Å². The van der Waals surface area contributed by atoms with Crippen LogP contribution >= 0.6 is 0 Å². The number of fused-ring (bicyclic) bond motifs is 1. The van der Waals surface area contributed by atoms with E-state index in [-0.39, 0.29) is 18.8 Å². The van der Waals surface area contributed by atoms with E-state index in [1.807, 2.05) is 20.8 Å². The van der Waals surface area contributed by atoms with Crippen LogP contribution in [-0.2, 0) is 4.74 Å². The van der Waals surface area contributed by atoms with Crippen LogP contribution in [0.1, 0.15) is 27.2 Å². The molecule has 25 heavy (non-hydrogen) atoms. The Morgan fingerprint density at radius 1 is 1.32 bits per heavy atom. The smallest absolute Gasteiger partial charge is 0.410 e. The molecule has 0 aromatic heterocycles. The van der Waals surface area contributed by atoms with Gasteiger partial charge in [0.05, 0.1) is 12.7 Å². The molecule has 0 bridgehead atoms. The van der Waals surface area contributed by atoms with Crippen LogP contribution in [0.4, 0.5) is 4.79 Å². The molecule has 7 heteroatoms. The molecule has 1 aromatic carbocycles. The fourth-order valence-corrected chi connectivity index (χ4v) is 2.85. The molecule has 138 valence electrons. The SMILES string of the molecule is CC(C)(C)OC(=O)N1CCC(O)[C@H](COc2ccc3c(c2)OCO3)C1. The standard InChI is InChI=1S/C18H25NO6/c1-18(2,3)25-17(21)19-7-6-14(20)12(9-19)10-22-13-4-5-15-16(8-13)24-11-23-15/h4-5,8,12,14,20H,6-7,9-11H2,1-3H3/t12-,14?/m0/s1. The van der Waals surface area contributed by atoms with Crippen LogP contribution in [0.25, 0.3) is 0 Å². The topological polar surface area (TPSA) is 77.5 Å². The molecule has 2 aliphatic heterocycles. The zero-order chi connectivity index (χ0) is 18.0. The van der Waals surface area contributed by atoms with E-state index in [1.165, 1.54) is 0 Å². The highest BCUT2D eigenvalue weighted by Crippen LogP contribution is 2.35. The average molecular weight is 351 g/mol. The van der Waals surface area contributed by atoms with E-state index in [2.05, 4.69) is 0 Å². The Bertz CT molecular complexity index is 626. The van der Waals surface area contributed by atoms with Gasteiger partial charge in [-0.2, -0.15) is 0 Å². The molecule has 1 amide bonds. The van der Waals surface area contributed by atoms with Gasteiger partial charge in [-0.05, 0) is 39.3 Å². The van der Waals surface area contributed by atoms with Gasteiger partial charge in [0.1, 0.15) is 11.4 Å². The van der Waals surface area contributed by atoms with Crippen molar-refractivity contribution in [2.45, 2.75) is 38.9 Å². The molecule has 0 aliphatic carbocycles. The molecular formula is C18H25NO6. The number of hydrogen-bond acceptors (Lipinski definition) is 6. The summed E-state index contributed by atoms with van der Waals surface area (Å²) in [6, 6.07) is 5.36. The van der Waals surface area contributed by atoms with Crippen LogP contribution < -0.4 is 14.2 Å². The summed E-state index contributed by atoms with van der Waals surface area (Å²) in [6.07, 6.45) is -0.353. The summed E-state index contributed by atoms with van der Waals surface area (Å²) in [5.41, 5.74) is -0.536. The van der Waals surface area contributed by atoms with Gasteiger partial charge in [0.25, 0.3) is 0 Å². The Hall–Kier alpha value is -2.15. The molecule has 2 aliphatic rings. The third-order valence-electron chi connectivity index (χ3n) is 4.15. The highest BCUT2D eigenvalue weighted by molar-refractivity contribution is 5.68. The van der Waals surface area contributed by atoms with Gasteiger partial charge >= 0.3 is 6.09 Å². The van der Waals surface area contributed by atoms with E-state index in [9.17, 15) is 9.90 Å². The maximum atomic E-state index is 12.2. The lowest BCUT2D eigenvalue weighted by Crippen LogP contribution is -2.49. The van der Waals surface area contributed by atoms with Crippen molar-refractivity contribution >= 4 is 6.09 Å². The van der Waals surface area contributed by atoms with Gasteiger partial charge in [0, 0.05) is 25.1 Å². The van der Waals surface area contributed by atoms with Crippen LogP contribution in [0.3, 0.4) is 0 Å². The van der Waals surface area contributed by atoms with E-state index in [1.54, 1.807) is 23.1 Å². The first-order valence-electron chi connectivity index (χ1n) is 8.50. The van der Waals surface area contributed by atoms with Crippen molar-refractivity contribution in [1.82, 2.24) is 4.90 Å². The van der Waals surface area contributed by atoms with Gasteiger partial charge in [0.15, 0.2) is 11.5 Å². The lowest BCUT2D eigenvalue weighted by molar-refractivity contribution is -0.0177. The highest BCUT2D eigenvalue weighted by Gasteiger charge is 2.33. The maximum absolute atomic E-state index is 12.2. The number of hydrogen-bond donors (Lipinski definition) is 1. The maximum Gasteiger partial charge on any atom is 0.410 e. The van der Waals surface area contributed by atoms with E-state index in [0.29, 0.717) is 43.4 Å². The Morgan fingerprint density at radius 3 is 2.84 bits per heavy atom. The molecular weight excluding hydrogens is 326 g/mol. The van der Waals surface area contributed by atoms with E-state index < -0.39 is 11.7 Å². The number of nitrogens with zero attached hydrogens (tertiary/aromatic N) is 1. The summed E-state index contributed by atoms with van der Waals surface area (Å²) in [5, 5.41) is 10.2. The minimum absolute atomic E-state index is 0.174. The molecule has 1 unspecified atom stereocenters. The second kappa shape index (κ2) is 7.00. The molecule has 2 atom stereocenters. The Morgan fingerprint density at radius 2 is 2.08 bits per heavy atom. The molecule has 1 saturated heterocycles. The highest BCUT2D eigenvalue weighted by atomic mass is 16.7. The minimum atomic E-state index is -0.536. The first-order chi connectivity index (χ1) is 11.8. The summed E-state index contributed by atoms with van der Waals surface area (Å²) < 4.78 is 21.8. The number of benzene rings is 1. The summed E-state index contributed by atoms with van der Waals surface area (Å²) in [4.78, 5) is 13.8. The van der Waals surface area contributed by atoms with Gasteiger partial charge in [0.2, 0.25) is 6.79 Å². The lowest BCUT2D eigenvalue weighted by Gasteiger charge is -2.36. The van der Waals surface area contributed by atoms with Gasteiger partial charge < -0.3 is 29.0 Å². The van der Waals surface area contributed by atoms with Crippen LogP contribution in [0.15, 0.2) is 18.2 Å². The zero-order valence-corrected chi connectivity index (χ0v) is 14.9. The van der Waals surface area contributed by atoms with Crippen molar-refractivity contribution in [3.05, 3.63) is 18.2 Å². The second-order valence-corrected chi connectivity index (χ2v) is 7.37. The molecule has 3 rings (SSSR count). The van der Waals surface area contributed by atoms with Crippen molar-refractivity contribution < 1.29 is 28.8 Å². The third kappa shape index (κ3) is 4.48. The number of piperidine rings is 1. The molecule has 1 N–H and O–H groups in total. The van der Waals surface area contributed by atoms with Crippen LogP contribution in [0.2, 0.25) is 0 Å². The number of amides is 1. The number of aliphatic hydroxyl groups excluding tert-OH is 1. The van der Waals surface area contributed by atoms with Gasteiger partial charge in [-0.1, -0.05) is 0 Å². The van der Waals surface area contributed by atoms with Crippen LogP contribution in [-0.4, -0.2) is 54.3 Å². The fraction of sp³-hybridized carbons (Fsp3) is 0.611. The Labute approximate surface area is 147 Å². The summed E-state index contributed by atoms with van der Waals surface area (Å²) in [7, 11) is 0. The number of ether oxygens (including phenoxy) is 4. The Kier molecular flexibility index (Phi) is 4.94. The quantitative estimate of drug-likeness (QED) is 0.901. The van der Waals surface area contributed by atoms with E-state index in [4.69, 9.17) is 18.9 Å². The first kappa shape index (κ1) is 17.7. The average Bonchev–Trinajstić information content (AvgIpc) is 3.00. The van der Waals surface area contributed by atoms with Gasteiger partial charge in [-0.3, -0.25) is 0 Å². The van der Waals surface area contributed by atoms with Crippen molar-refractivity contribution in [3.63, 3.8) is 0 Å². The number of likely N-dealkylation sites (tertiary alicyclic amines) is 1. The number of rotatable bonds is 3. The van der Waals surface area contributed by atoms with Crippen molar-refractivity contribution in [2.75, 3.05) is 26.5 Å². The molecule has 1 aromatic rings. The number of aliphatic hydroxyl groups is 1. The number of carbonyl (C=O) groups is 1. The molecule has 0 radical (unpaired) electrons. The lowest BCUT2D eigenvalue weighted by atomic mass is 9.96. The van der Waals surface area contributed by atoms with E-state index >= 15 is 0 Å². The number of carbonyl (C=O) groups excluding carboxylic acids is 1. The molecule has 0 saturated carbocycles. The Balaban J connectivity index is 1.56. The summed E-state index contributed by atoms with van der Waals surface area (Å²) in [6.45, 7) is 6.92. The monoisotopic (exact) mass is 351 g/mol. The largest absolute Gasteiger partial charge is 0.493 e. The molecule has 2 heterocycles. The molecule has 0 spiro atoms. The minimum Gasteiger partial charge on any atom is -0.493 e. The van der Waals surface area contributed by atoms with E-state index in [0.717, 1.165) is 0 Å². The molecule has 7 nitrogen and oxygen atoms in total. The molecule has 1 fully saturated rings. The van der Waals surface area contributed by atoms with Crippen LogP contribution in [0, 0.1) is 5.92 Å². The first-order valence-corrected chi connectivity index (χ1v) is 8.50. The third-order valence-corrected chi connectivity index (χ3v) is 4.15. The van der Waals surface area contributed by atoms with Crippen LogP contribution in [0.5, 0.6) is 17.2 Å². The van der Waals surface area contributed by atoms with Gasteiger partial charge in [-0.15, -0.1) is 0 Å². The fourth-order valence-electron chi connectivity index (χ4n) is 2.85. The normalized spacial score (nSPS) is 22.6. The predicted octanol–water partition coefficient (Wildman–Crippen LogP) is 2.41. The summed E-state index contributed by atoms with van der Waals surface area (Å²) >= 11 is 0. The van der Waals surface area contributed by atoms with Gasteiger partial charge in [-0.25, -0.2) is 4.79 Å². The zero-order valence-electron chi connectivity index (χ0n) is 14.9. The van der Waals surface area contributed by atoms with Crippen molar-refractivity contribution in [3.8, 4) is 17.2 Å². The van der Waals surface area contributed by atoms with Crippen molar-refractivity contribution in [1.29, 1.82) is 0 Å². The summed E-state index contributed by atoms with van der Waals surface area (Å²) in [5.74, 6) is 1.82.